The second-order valence-corrected chi connectivity index (χ2v) is 7.89. The van der Waals surface area contributed by atoms with Crippen LogP contribution < -0.4 is 14.4 Å². The summed E-state index contributed by atoms with van der Waals surface area (Å²) in [6, 6.07) is 13.1. The third-order valence-corrected chi connectivity index (χ3v) is 6.11. The summed E-state index contributed by atoms with van der Waals surface area (Å²) in [5.74, 6) is 1.25. The summed E-state index contributed by atoms with van der Waals surface area (Å²) in [6.07, 6.45) is 2.65. The summed E-state index contributed by atoms with van der Waals surface area (Å²) < 4.78 is 33.7. The highest BCUT2D eigenvalue weighted by Crippen LogP contribution is 2.38. The zero-order chi connectivity index (χ0) is 16.7. The van der Waals surface area contributed by atoms with E-state index in [1.807, 2.05) is 36.4 Å². The van der Waals surface area contributed by atoms with Crippen molar-refractivity contribution < 1.29 is 13.2 Å². The molecule has 2 aromatic rings. The van der Waals surface area contributed by atoms with Crippen LogP contribution >= 0.6 is 0 Å². The fourth-order valence-electron chi connectivity index (χ4n) is 3.40. The van der Waals surface area contributed by atoms with Crippen molar-refractivity contribution in [1.29, 1.82) is 0 Å². The molecule has 0 spiro atoms. The van der Waals surface area contributed by atoms with E-state index in [0.29, 0.717) is 10.6 Å². The Morgan fingerprint density at radius 1 is 1.21 bits per heavy atom. The van der Waals surface area contributed by atoms with Gasteiger partial charge >= 0.3 is 0 Å². The van der Waals surface area contributed by atoms with Crippen LogP contribution in [0.2, 0.25) is 0 Å². The Kier molecular flexibility index (Phi) is 3.73. The molecule has 1 atom stereocenters. The lowest BCUT2D eigenvalue weighted by atomic mass is 10.2. The van der Waals surface area contributed by atoms with Crippen LogP contribution in [0.5, 0.6) is 11.5 Å². The molecule has 1 N–H and O–H groups in total. The number of nitrogens with one attached hydrogen (secondary N) is 1. The highest BCUT2D eigenvalue weighted by atomic mass is 32.2. The number of ether oxygens (including phenoxy) is 1. The first-order valence-corrected chi connectivity index (χ1v) is 9.75. The highest BCUT2D eigenvalue weighted by Gasteiger charge is 2.37. The van der Waals surface area contributed by atoms with Crippen molar-refractivity contribution in [1.82, 2.24) is 4.72 Å². The number of nitrogens with zero attached hydrogens (tertiary/aromatic N) is 1. The van der Waals surface area contributed by atoms with Crippen LogP contribution in [0.4, 0.5) is 5.69 Å². The molecule has 4 rings (SSSR count). The largest absolute Gasteiger partial charge is 0.457 e. The Balaban J connectivity index is 1.70. The van der Waals surface area contributed by atoms with Crippen molar-refractivity contribution in [3.63, 3.8) is 0 Å². The fraction of sp³-hybridized carbons (Fsp3) is 0.333. The molecule has 1 saturated heterocycles. The first kappa shape index (κ1) is 15.5. The molecule has 2 heterocycles. The standard InChI is InChI=1S/C18H20N2O3S/c1-2-13-5-3-6-14(11-13)23-15-8-9-16-17(12-15)24(21,22)19-18-7-4-10-20(16)18/h3,5-6,8-9,11-12,18-19H,2,4,7,10H2,1H3. The van der Waals surface area contributed by atoms with Gasteiger partial charge in [0, 0.05) is 12.6 Å². The molecule has 1 unspecified atom stereocenters. The molecule has 2 aromatic carbocycles. The van der Waals surface area contributed by atoms with Crippen molar-refractivity contribution in [2.45, 2.75) is 37.2 Å². The Hall–Kier alpha value is -2.05. The summed E-state index contributed by atoms with van der Waals surface area (Å²) in [7, 11) is -3.50. The number of fused-ring (bicyclic) bond motifs is 3. The minimum absolute atomic E-state index is 0.115. The zero-order valence-corrected chi connectivity index (χ0v) is 14.3. The molecule has 0 aromatic heterocycles. The van der Waals surface area contributed by atoms with Crippen LogP contribution in [0.3, 0.4) is 0 Å². The van der Waals surface area contributed by atoms with E-state index in [0.717, 1.165) is 37.2 Å². The number of hydrogen-bond donors (Lipinski definition) is 1. The summed E-state index contributed by atoms with van der Waals surface area (Å²) in [5.41, 5.74) is 1.95. The van der Waals surface area contributed by atoms with E-state index >= 15 is 0 Å². The Bertz CT molecular complexity index is 880. The minimum Gasteiger partial charge on any atom is -0.457 e. The maximum atomic E-state index is 12.5. The second kappa shape index (κ2) is 5.79. The van der Waals surface area contributed by atoms with Gasteiger partial charge in [-0.1, -0.05) is 19.1 Å². The van der Waals surface area contributed by atoms with Crippen LogP contribution in [0.1, 0.15) is 25.3 Å². The predicted molar refractivity (Wildman–Crippen MR) is 93.0 cm³/mol. The summed E-state index contributed by atoms with van der Waals surface area (Å²) in [5, 5.41) is 0. The van der Waals surface area contributed by atoms with E-state index in [9.17, 15) is 8.42 Å². The van der Waals surface area contributed by atoms with E-state index < -0.39 is 10.0 Å². The van der Waals surface area contributed by atoms with E-state index in [-0.39, 0.29) is 6.17 Å². The normalized spacial score (nSPS) is 21.2. The van der Waals surface area contributed by atoms with Gasteiger partial charge in [-0.3, -0.25) is 0 Å². The first-order valence-electron chi connectivity index (χ1n) is 8.26. The number of hydrogen-bond acceptors (Lipinski definition) is 4. The molecule has 2 aliphatic heterocycles. The van der Waals surface area contributed by atoms with Gasteiger partial charge in [-0.2, -0.15) is 4.72 Å². The van der Waals surface area contributed by atoms with Crippen LogP contribution in [0, 0.1) is 0 Å². The predicted octanol–water partition coefficient (Wildman–Crippen LogP) is 3.26. The monoisotopic (exact) mass is 344 g/mol. The maximum absolute atomic E-state index is 12.5. The third kappa shape index (κ3) is 2.65. The molecular weight excluding hydrogens is 324 g/mol. The summed E-state index contributed by atoms with van der Waals surface area (Å²) in [4.78, 5) is 2.42. The average Bonchev–Trinajstić information content (AvgIpc) is 3.02. The summed E-state index contributed by atoms with van der Waals surface area (Å²) >= 11 is 0. The highest BCUT2D eigenvalue weighted by molar-refractivity contribution is 7.89. The van der Waals surface area contributed by atoms with E-state index in [1.54, 1.807) is 6.07 Å². The zero-order valence-electron chi connectivity index (χ0n) is 13.5. The van der Waals surface area contributed by atoms with E-state index in [2.05, 4.69) is 16.5 Å². The molecule has 1 fully saturated rings. The molecule has 2 aliphatic rings. The second-order valence-electron chi connectivity index (χ2n) is 6.21. The lowest BCUT2D eigenvalue weighted by molar-refractivity contribution is 0.478. The number of anilines is 1. The SMILES string of the molecule is CCc1cccc(Oc2ccc3c(c2)S(=O)(=O)NC2CCCN32)c1. The average molecular weight is 344 g/mol. The quantitative estimate of drug-likeness (QED) is 0.928. The molecule has 0 aliphatic carbocycles. The first-order chi connectivity index (χ1) is 11.6. The molecule has 24 heavy (non-hydrogen) atoms. The van der Waals surface area contributed by atoms with Gasteiger partial charge in [0.25, 0.3) is 0 Å². The Morgan fingerprint density at radius 3 is 2.88 bits per heavy atom. The number of rotatable bonds is 3. The molecular formula is C18H20N2O3S. The van der Waals surface area contributed by atoms with Crippen LogP contribution in [-0.2, 0) is 16.4 Å². The maximum Gasteiger partial charge on any atom is 0.244 e. The van der Waals surface area contributed by atoms with Gasteiger partial charge in [-0.25, -0.2) is 8.42 Å². The third-order valence-electron chi connectivity index (χ3n) is 4.62. The molecule has 126 valence electrons. The molecule has 0 bridgehead atoms. The molecule has 0 radical (unpaired) electrons. The van der Waals surface area contributed by atoms with Gasteiger partial charge in [0.15, 0.2) is 0 Å². The number of aryl methyl sites for hydroxylation is 1. The number of sulfonamides is 1. The van der Waals surface area contributed by atoms with Crippen molar-refractivity contribution >= 4 is 15.7 Å². The smallest absolute Gasteiger partial charge is 0.244 e. The summed E-state index contributed by atoms with van der Waals surface area (Å²) in [6.45, 7) is 2.96. The molecule has 0 saturated carbocycles. The topological polar surface area (TPSA) is 58.6 Å². The van der Waals surface area contributed by atoms with Crippen LogP contribution in [-0.4, -0.2) is 21.1 Å². The van der Waals surface area contributed by atoms with Gasteiger partial charge in [-0.15, -0.1) is 0 Å². The van der Waals surface area contributed by atoms with Crippen molar-refractivity contribution in [3.8, 4) is 11.5 Å². The van der Waals surface area contributed by atoms with Gasteiger partial charge in [0.1, 0.15) is 16.4 Å². The Labute approximate surface area is 142 Å². The van der Waals surface area contributed by atoms with E-state index in [1.165, 1.54) is 5.56 Å². The minimum atomic E-state index is -3.50. The number of benzene rings is 2. The molecule has 0 amide bonds. The van der Waals surface area contributed by atoms with Crippen molar-refractivity contribution in [3.05, 3.63) is 48.0 Å². The van der Waals surface area contributed by atoms with Gasteiger partial charge < -0.3 is 9.64 Å². The van der Waals surface area contributed by atoms with Gasteiger partial charge in [0.05, 0.1) is 11.9 Å². The van der Waals surface area contributed by atoms with Crippen LogP contribution in [0.25, 0.3) is 0 Å². The lowest BCUT2D eigenvalue weighted by Crippen LogP contribution is -2.48. The van der Waals surface area contributed by atoms with Crippen molar-refractivity contribution in [2.75, 3.05) is 11.4 Å². The molecule has 5 nitrogen and oxygen atoms in total. The van der Waals surface area contributed by atoms with E-state index in [4.69, 9.17) is 4.74 Å². The van der Waals surface area contributed by atoms with Gasteiger partial charge in [0.2, 0.25) is 10.0 Å². The van der Waals surface area contributed by atoms with Crippen LogP contribution in [0.15, 0.2) is 47.4 Å². The van der Waals surface area contributed by atoms with Gasteiger partial charge in [-0.05, 0) is 49.1 Å². The molecule has 6 heteroatoms. The lowest BCUT2D eigenvalue weighted by Gasteiger charge is -2.33. The van der Waals surface area contributed by atoms with Crippen molar-refractivity contribution in [2.24, 2.45) is 0 Å². The Morgan fingerprint density at radius 2 is 2.04 bits per heavy atom. The fourth-order valence-corrected chi connectivity index (χ4v) is 4.86.